The molecule has 0 unspecified atom stereocenters. The Bertz CT molecular complexity index is 529. The average Bonchev–Trinajstić information content (AvgIpc) is 2.38. The summed E-state index contributed by atoms with van der Waals surface area (Å²) in [7, 11) is 1.47. The summed E-state index contributed by atoms with van der Waals surface area (Å²) in [6.45, 7) is 3.07. The van der Waals surface area contributed by atoms with Gasteiger partial charge in [0.2, 0.25) is 0 Å². The Morgan fingerprint density at radius 1 is 1.53 bits per heavy atom. The van der Waals surface area contributed by atoms with Gasteiger partial charge >= 0.3 is 0 Å². The fourth-order valence-corrected chi connectivity index (χ4v) is 1.40. The molecule has 0 bridgehead atoms. The van der Waals surface area contributed by atoms with Crippen molar-refractivity contribution < 1.29 is 14.6 Å². The largest absolute Gasteiger partial charge is 0.384 e. The number of aliphatic hydroxyl groups is 1. The van der Waals surface area contributed by atoms with Gasteiger partial charge in [-0.1, -0.05) is 23.4 Å². The minimum Gasteiger partial charge on any atom is -0.384 e. The van der Waals surface area contributed by atoms with Crippen molar-refractivity contribution in [3.05, 3.63) is 28.8 Å². The van der Waals surface area contributed by atoms with Crippen molar-refractivity contribution in [1.82, 2.24) is 0 Å². The van der Waals surface area contributed by atoms with Gasteiger partial charge in [0, 0.05) is 17.7 Å². The molecule has 0 aliphatic rings. The number of anilines is 1. The van der Waals surface area contributed by atoms with Gasteiger partial charge in [0.25, 0.3) is 5.91 Å². The predicted octanol–water partition coefficient (Wildman–Crippen LogP) is 2.05. The molecular weight excluding hydrogens is 266 g/mol. The van der Waals surface area contributed by atoms with Crippen LogP contribution in [-0.2, 0) is 9.53 Å². The normalized spacial score (nSPS) is 10.6. The lowest BCUT2D eigenvalue weighted by Gasteiger charge is -2.22. The predicted molar refractivity (Wildman–Crippen MR) is 75.1 cm³/mol. The molecule has 1 rings (SSSR count). The van der Waals surface area contributed by atoms with E-state index in [1.54, 1.807) is 32.0 Å². The van der Waals surface area contributed by atoms with E-state index in [9.17, 15) is 4.79 Å². The van der Waals surface area contributed by atoms with Crippen LogP contribution in [0.25, 0.3) is 0 Å². The number of rotatable bonds is 3. The standard InChI is InChI=1S/C14H16ClNO3/c1-14(2,19-3)13(18)16-12-7-6-11(15)9-10(12)5-4-8-17/h6-7,9,17H,8H2,1-3H3,(H,16,18). The molecule has 0 heterocycles. The third-order valence-corrected chi connectivity index (χ3v) is 2.82. The van der Waals surface area contributed by atoms with Crippen LogP contribution in [0.15, 0.2) is 18.2 Å². The van der Waals surface area contributed by atoms with E-state index in [4.69, 9.17) is 21.4 Å². The number of benzene rings is 1. The Labute approximate surface area is 117 Å². The summed E-state index contributed by atoms with van der Waals surface area (Å²) < 4.78 is 5.10. The maximum atomic E-state index is 12.0. The molecule has 4 nitrogen and oxygen atoms in total. The highest BCUT2D eigenvalue weighted by atomic mass is 35.5. The van der Waals surface area contributed by atoms with E-state index in [2.05, 4.69) is 17.2 Å². The summed E-state index contributed by atoms with van der Waals surface area (Å²) in [5, 5.41) is 12.0. The molecule has 0 fully saturated rings. The summed E-state index contributed by atoms with van der Waals surface area (Å²) >= 11 is 5.88. The van der Waals surface area contributed by atoms with Crippen LogP contribution >= 0.6 is 11.6 Å². The summed E-state index contributed by atoms with van der Waals surface area (Å²) in [5.41, 5.74) is 0.128. The lowest BCUT2D eigenvalue weighted by Crippen LogP contribution is -2.39. The Hall–Kier alpha value is -1.54. The van der Waals surface area contributed by atoms with E-state index in [1.807, 2.05) is 0 Å². The summed E-state index contributed by atoms with van der Waals surface area (Å²) in [6.07, 6.45) is 0. The van der Waals surface area contributed by atoms with E-state index in [-0.39, 0.29) is 12.5 Å². The first-order chi connectivity index (χ1) is 8.90. The fraction of sp³-hybridized carbons (Fsp3) is 0.357. The number of ether oxygens (including phenoxy) is 1. The second-order valence-corrected chi connectivity index (χ2v) is 4.75. The molecule has 0 aliphatic heterocycles. The van der Waals surface area contributed by atoms with Crippen molar-refractivity contribution in [3.63, 3.8) is 0 Å². The number of hydrogen-bond acceptors (Lipinski definition) is 3. The minimum absolute atomic E-state index is 0.260. The van der Waals surface area contributed by atoms with Crippen LogP contribution < -0.4 is 5.32 Å². The van der Waals surface area contributed by atoms with Crippen LogP contribution in [0.4, 0.5) is 5.69 Å². The minimum atomic E-state index is -0.943. The first-order valence-corrected chi connectivity index (χ1v) is 6.04. The molecular formula is C14H16ClNO3. The number of nitrogens with one attached hydrogen (secondary N) is 1. The molecule has 5 heteroatoms. The van der Waals surface area contributed by atoms with Gasteiger partial charge < -0.3 is 15.2 Å². The molecule has 1 aromatic rings. The summed E-state index contributed by atoms with van der Waals surface area (Å²) in [4.78, 5) is 12.0. The Morgan fingerprint density at radius 3 is 2.79 bits per heavy atom. The van der Waals surface area contributed by atoms with Gasteiger partial charge in [-0.25, -0.2) is 0 Å². The molecule has 0 aromatic heterocycles. The van der Waals surface area contributed by atoms with Crippen molar-refractivity contribution in [2.24, 2.45) is 0 Å². The average molecular weight is 282 g/mol. The smallest absolute Gasteiger partial charge is 0.256 e. The molecule has 0 aliphatic carbocycles. The van der Waals surface area contributed by atoms with E-state index in [1.165, 1.54) is 7.11 Å². The van der Waals surface area contributed by atoms with Gasteiger partial charge in [-0.15, -0.1) is 0 Å². The molecule has 0 saturated carbocycles. The molecule has 1 aromatic carbocycles. The maximum Gasteiger partial charge on any atom is 0.256 e. The van der Waals surface area contributed by atoms with Crippen LogP contribution in [-0.4, -0.2) is 30.3 Å². The van der Waals surface area contributed by atoms with Crippen LogP contribution in [0.5, 0.6) is 0 Å². The molecule has 102 valence electrons. The Morgan fingerprint density at radius 2 is 2.21 bits per heavy atom. The lowest BCUT2D eigenvalue weighted by molar-refractivity contribution is -0.133. The van der Waals surface area contributed by atoms with Crippen LogP contribution in [0.2, 0.25) is 5.02 Å². The molecule has 2 N–H and O–H groups in total. The lowest BCUT2D eigenvalue weighted by atomic mass is 10.1. The molecule has 0 radical (unpaired) electrons. The summed E-state index contributed by atoms with van der Waals surface area (Å²) in [5.74, 6) is 4.97. The molecule has 0 atom stereocenters. The van der Waals surface area contributed by atoms with Gasteiger partial charge in [0.15, 0.2) is 0 Å². The first kappa shape index (κ1) is 15.5. The number of hydrogen-bond donors (Lipinski definition) is 2. The van der Waals surface area contributed by atoms with Gasteiger partial charge in [0.05, 0.1) is 5.69 Å². The van der Waals surface area contributed by atoms with E-state index >= 15 is 0 Å². The SMILES string of the molecule is COC(C)(C)C(=O)Nc1ccc(Cl)cc1C#CCO. The van der Waals surface area contributed by atoms with Crippen molar-refractivity contribution >= 4 is 23.2 Å². The monoisotopic (exact) mass is 281 g/mol. The highest BCUT2D eigenvalue weighted by Gasteiger charge is 2.27. The van der Waals surface area contributed by atoms with Crippen LogP contribution in [0.3, 0.4) is 0 Å². The van der Waals surface area contributed by atoms with Crippen molar-refractivity contribution in [3.8, 4) is 11.8 Å². The quantitative estimate of drug-likeness (QED) is 0.834. The number of amides is 1. The van der Waals surface area contributed by atoms with Crippen molar-refractivity contribution in [2.75, 3.05) is 19.0 Å². The number of aliphatic hydroxyl groups excluding tert-OH is 1. The molecule has 0 saturated heterocycles. The maximum absolute atomic E-state index is 12.0. The fourth-order valence-electron chi connectivity index (χ4n) is 1.23. The molecule has 19 heavy (non-hydrogen) atoms. The van der Waals surface area contributed by atoms with Gasteiger partial charge in [-0.05, 0) is 32.0 Å². The van der Waals surface area contributed by atoms with Crippen molar-refractivity contribution in [1.29, 1.82) is 0 Å². The third kappa shape index (κ3) is 4.25. The first-order valence-electron chi connectivity index (χ1n) is 5.66. The zero-order valence-electron chi connectivity index (χ0n) is 11.1. The Balaban J connectivity index is 3.04. The van der Waals surface area contributed by atoms with E-state index in [0.717, 1.165) is 0 Å². The number of methoxy groups -OCH3 is 1. The summed E-state index contributed by atoms with van der Waals surface area (Å²) in [6, 6.07) is 4.94. The van der Waals surface area contributed by atoms with Crippen LogP contribution in [0, 0.1) is 11.8 Å². The highest BCUT2D eigenvalue weighted by Crippen LogP contribution is 2.21. The highest BCUT2D eigenvalue weighted by molar-refractivity contribution is 6.30. The molecule has 0 spiro atoms. The van der Waals surface area contributed by atoms with Gasteiger partial charge in [-0.2, -0.15) is 0 Å². The Kier molecular flexibility index (Phi) is 5.37. The number of carbonyl (C=O) groups excluding carboxylic acids is 1. The van der Waals surface area contributed by atoms with Gasteiger partial charge in [0.1, 0.15) is 12.2 Å². The third-order valence-electron chi connectivity index (χ3n) is 2.59. The zero-order chi connectivity index (χ0) is 14.5. The van der Waals surface area contributed by atoms with Crippen LogP contribution in [0.1, 0.15) is 19.4 Å². The molecule has 1 amide bonds. The number of halogens is 1. The van der Waals surface area contributed by atoms with Crippen molar-refractivity contribution in [2.45, 2.75) is 19.4 Å². The number of carbonyl (C=O) groups is 1. The van der Waals surface area contributed by atoms with E-state index in [0.29, 0.717) is 16.3 Å². The second-order valence-electron chi connectivity index (χ2n) is 4.32. The van der Waals surface area contributed by atoms with E-state index < -0.39 is 5.60 Å². The zero-order valence-corrected chi connectivity index (χ0v) is 11.8. The van der Waals surface area contributed by atoms with Gasteiger partial charge in [-0.3, -0.25) is 4.79 Å². The second kappa shape index (κ2) is 6.58. The topological polar surface area (TPSA) is 58.6 Å².